The van der Waals surface area contributed by atoms with Crippen LogP contribution in [0.2, 0.25) is 0 Å². The first-order valence-corrected chi connectivity index (χ1v) is 28.8. The Morgan fingerprint density at radius 2 is 1.36 bits per heavy atom. The number of ether oxygens (including phenoxy) is 3. The summed E-state index contributed by atoms with van der Waals surface area (Å²) in [5.74, 6) is 5.15. The van der Waals surface area contributed by atoms with Gasteiger partial charge in [0.25, 0.3) is 0 Å². The van der Waals surface area contributed by atoms with Crippen molar-refractivity contribution in [2.45, 2.75) is 278 Å². The van der Waals surface area contributed by atoms with E-state index < -0.39 is 30.7 Å². The van der Waals surface area contributed by atoms with Gasteiger partial charge < -0.3 is 29.5 Å². The second-order valence-corrected chi connectivity index (χ2v) is 23.8. The summed E-state index contributed by atoms with van der Waals surface area (Å²) >= 11 is 0. The maximum Gasteiger partial charge on any atom is 0.305 e. The van der Waals surface area contributed by atoms with Crippen LogP contribution < -0.4 is 0 Å². The summed E-state index contributed by atoms with van der Waals surface area (Å²) < 4.78 is 18.1. The molecule has 0 amide bonds. The zero-order chi connectivity index (χ0) is 48.2. The number of esters is 1. The molecule has 0 aromatic carbocycles. The van der Waals surface area contributed by atoms with Gasteiger partial charge in [-0.15, -0.1) is 0 Å². The van der Waals surface area contributed by atoms with E-state index in [1.807, 2.05) is 0 Å². The smallest absolute Gasteiger partial charge is 0.305 e. The van der Waals surface area contributed by atoms with E-state index in [9.17, 15) is 20.1 Å². The van der Waals surface area contributed by atoms with Crippen molar-refractivity contribution < 1.29 is 34.3 Å². The van der Waals surface area contributed by atoms with E-state index in [2.05, 4.69) is 78.8 Å². The average molecular weight is 937 g/mol. The lowest BCUT2D eigenvalue weighted by atomic mass is 9.47. The minimum atomic E-state index is -1.45. The van der Waals surface area contributed by atoms with Crippen LogP contribution >= 0.6 is 0 Å². The molecule has 1 heterocycles. The number of fused-ring (bicyclic) bond motifs is 5. The standard InChI is InChI=1S/C60H104O7/c1-8-9-10-11-12-13-14-15-16-17-18-19-20-21-22-23-24-25-26-27-28-29-30-31-54(61)65-43-53-55(62)56(63)57(64)58(67-53)66-48-38-40-59(6)47(42-48)34-35-49-51-37-36-50(60(51,7)41-39-52(49)59)46(5)33-32-45(4)44(2)3/h14-15,17-18,34,44-46,48-53,55-58,62-64H,8-13,16,19-33,35-43H2,1-7H3/b15-14-,18-17-. The number of aliphatic hydroxyl groups is 3. The second kappa shape index (κ2) is 29.1. The fraction of sp³-hybridized carbons (Fsp3) is 0.883. The van der Waals surface area contributed by atoms with Gasteiger partial charge in [0.1, 0.15) is 31.0 Å². The van der Waals surface area contributed by atoms with Gasteiger partial charge in [-0.3, -0.25) is 4.79 Å². The van der Waals surface area contributed by atoms with Gasteiger partial charge in [0, 0.05) is 6.42 Å². The van der Waals surface area contributed by atoms with Crippen molar-refractivity contribution in [2.24, 2.45) is 52.3 Å². The van der Waals surface area contributed by atoms with Gasteiger partial charge in [0.2, 0.25) is 0 Å². The van der Waals surface area contributed by atoms with Gasteiger partial charge in [0.15, 0.2) is 6.29 Å². The molecule has 7 heteroatoms. The van der Waals surface area contributed by atoms with E-state index in [0.717, 1.165) is 86.9 Å². The highest BCUT2D eigenvalue weighted by molar-refractivity contribution is 5.69. The lowest BCUT2D eigenvalue weighted by molar-refractivity contribution is -0.313. The molecule has 5 aliphatic rings. The highest BCUT2D eigenvalue weighted by atomic mass is 16.7. The molecule has 5 rings (SSSR count). The largest absolute Gasteiger partial charge is 0.463 e. The molecule has 67 heavy (non-hydrogen) atoms. The van der Waals surface area contributed by atoms with E-state index in [4.69, 9.17) is 14.2 Å². The van der Waals surface area contributed by atoms with Crippen molar-refractivity contribution in [1.29, 1.82) is 0 Å². The third-order valence-electron chi connectivity index (χ3n) is 18.8. The quantitative estimate of drug-likeness (QED) is 0.0361. The van der Waals surface area contributed by atoms with Gasteiger partial charge in [0.05, 0.1) is 6.10 Å². The van der Waals surface area contributed by atoms with Crippen LogP contribution in [0.5, 0.6) is 0 Å². The molecule has 7 nitrogen and oxygen atoms in total. The molecule has 0 aromatic rings. The van der Waals surface area contributed by atoms with Crippen molar-refractivity contribution in [3.63, 3.8) is 0 Å². The van der Waals surface area contributed by atoms with Gasteiger partial charge in [-0.25, -0.2) is 0 Å². The Hall–Kier alpha value is -1.51. The third kappa shape index (κ3) is 16.5. The average Bonchev–Trinajstić information content (AvgIpc) is 3.68. The molecule has 0 spiro atoms. The second-order valence-electron chi connectivity index (χ2n) is 23.8. The molecule has 14 unspecified atom stereocenters. The zero-order valence-electron chi connectivity index (χ0n) is 44.3. The predicted molar refractivity (Wildman–Crippen MR) is 276 cm³/mol. The first-order valence-electron chi connectivity index (χ1n) is 28.8. The van der Waals surface area contributed by atoms with E-state index in [0.29, 0.717) is 17.8 Å². The van der Waals surface area contributed by atoms with Crippen LogP contribution in [-0.4, -0.2) is 64.7 Å². The van der Waals surface area contributed by atoms with E-state index in [1.165, 1.54) is 140 Å². The summed E-state index contributed by atoms with van der Waals surface area (Å²) in [5.41, 5.74) is 2.12. The maximum atomic E-state index is 12.7. The predicted octanol–water partition coefficient (Wildman–Crippen LogP) is 14.9. The van der Waals surface area contributed by atoms with E-state index in [-0.39, 0.29) is 24.1 Å². The topological polar surface area (TPSA) is 105 Å². The summed E-state index contributed by atoms with van der Waals surface area (Å²) in [6.45, 7) is 17.0. The van der Waals surface area contributed by atoms with Crippen molar-refractivity contribution in [3.05, 3.63) is 36.0 Å². The molecular weight excluding hydrogens is 833 g/mol. The van der Waals surface area contributed by atoms with E-state index >= 15 is 0 Å². The van der Waals surface area contributed by atoms with E-state index in [1.54, 1.807) is 0 Å². The monoisotopic (exact) mass is 937 g/mol. The van der Waals surface area contributed by atoms with Gasteiger partial charge >= 0.3 is 5.97 Å². The van der Waals surface area contributed by atoms with Crippen molar-refractivity contribution in [2.75, 3.05) is 6.61 Å². The fourth-order valence-electron chi connectivity index (χ4n) is 13.9. The number of allylic oxidation sites excluding steroid dienone is 5. The van der Waals surface area contributed by atoms with Crippen LogP contribution in [0.3, 0.4) is 0 Å². The lowest BCUT2D eigenvalue weighted by Crippen LogP contribution is -2.60. The summed E-state index contributed by atoms with van der Waals surface area (Å²) in [4.78, 5) is 12.7. The molecule has 4 fully saturated rings. The molecule has 1 aliphatic heterocycles. The number of hydrogen-bond donors (Lipinski definition) is 3. The summed E-state index contributed by atoms with van der Waals surface area (Å²) in [6.07, 6.45) is 41.4. The van der Waals surface area contributed by atoms with Crippen molar-refractivity contribution >= 4 is 5.97 Å². The molecule has 0 radical (unpaired) electrons. The van der Waals surface area contributed by atoms with Crippen LogP contribution in [0.1, 0.15) is 241 Å². The number of carbonyl (C=O) groups excluding carboxylic acids is 1. The number of rotatable bonds is 31. The van der Waals surface area contributed by atoms with Crippen LogP contribution in [0.4, 0.5) is 0 Å². The Morgan fingerprint density at radius 1 is 0.731 bits per heavy atom. The Kier molecular flexibility index (Phi) is 24.5. The Balaban J connectivity index is 0.920. The van der Waals surface area contributed by atoms with Gasteiger partial charge in [-0.05, 0) is 142 Å². The summed E-state index contributed by atoms with van der Waals surface area (Å²) in [5, 5.41) is 32.6. The molecule has 4 aliphatic carbocycles. The molecule has 14 atom stereocenters. The molecule has 3 saturated carbocycles. The molecule has 386 valence electrons. The fourth-order valence-corrected chi connectivity index (χ4v) is 13.9. The third-order valence-corrected chi connectivity index (χ3v) is 18.8. The Bertz CT molecular complexity index is 1490. The van der Waals surface area contributed by atoms with Crippen LogP contribution in [0.25, 0.3) is 0 Å². The number of aliphatic hydroxyl groups excluding tert-OH is 3. The van der Waals surface area contributed by atoms with Crippen LogP contribution in [0, 0.1) is 52.3 Å². The van der Waals surface area contributed by atoms with Crippen LogP contribution in [-0.2, 0) is 19.0 Å². The Labute approximate surface area is 411 Å². The molecule has 3 N–H and O–H groups in total. The zero-order valence-corrected chi connectivity index (χ0v) is 44.3. The first-order chi connectivity index (χ1) is 32.3. The number of hydrogen-bond acceptors (Lipinski definition) is 7. The van der Waals surface area contributed by atoms with Crippen molar-refractivity contribution in [1.82, 2.24) is 0 Å². The maximum absolute atomic E-state index is 12.7. The summed E-state index contributed by atoms with van der Waals surface area (Å²) in [6, 6.07) is 0. The van der Waals surface area contributed by atoms with Gasteiger partial charge in [-0.2, -0.15) is 0 Å². The lowest BCUT2D eigenvalue weighted by Gasteiger charge is -2.58. The highest BCUT2D eigenvalue weighted by Gasteiger charge is 2.59. The number of carbonyl (C=O) groups is 1. The van der Waals surface area contributed by atoms with Crippen molar-refractivity contribution in [3.8, 4) is 0 Å². The molecule has 0 aromatic heterocycles. The summed E-state index contributed by atoms with van der Waals surface area (Å²) in [7, 11) is 0. The normalized spacial score (nSPS) is 34.0. The molecular formula is C60H104O7. The minimum Gasteiger partial charge on any atom is -0.463 e. The molecule has 1 saturated heterocycles. The highest BCUT2D eigenvalue weighted by Crippen LogP contribution is 2.67. The van der Waals surface area contributed by atoms with Crippen LogP contribution in [0.15, 0.2) is 36.0 Å². The SMILES string of the molecule is CCCCCCC/C=C\C/C=C\CCCCCCCCCCCCCC(=O)OCC1OC(OC2CCC3(C)C(=CCC4C3CCC3(C)C(C(C)CCC(C)C(C)C)CCC43)C2)C(O)C(O)C1O. The molecule has 0 bridgehead atoms. The number of unbranched alkanes of at least 4 members (excludes halogenated alkanes) is 16. The first kappa shape index (κ1) is 56.4. The van der Waals surface area contributed by atoms with Gasteiger partial charge in [-0.1, -0.05) is 181 Å². The minimum absolute atomic E-state index is 0.144. The Morgan fingerprint density at radius 3 is 2.00 bits per heavy atom.